The molecule has 0 aliphatic carbocycles. The molecule has 0 aliphatic heterocycles. The van der Waals surface area contributed by atoms with Crippen LogP contribution < -0.4 is 20.5 Å². The summed E-state index contributed by atoms with van der Waals surface area (Å²) in [5.41, 5.74) is 8.73. The molecule has 0 fully saturated rings. The highest BCUT2D eigenvalue weighted by Crippen LogP contribution is 2.27. The largest absolute Gasteiger partial charge is 0.464 e. The summed E-state index contributed by atoms with van der Waals surface area (Å²) in [6.07, 6.45) is 0. The van der Waals surface area contributed by atoms with Crippen molar-refractivity contribution in [3.8, 4) is 29.0 Å². The molecule has 0 amide bonds. The fraction of sp³-hybridized carbons (Fsp3) is 0.182. The van der Waals surface area contributed by atoms with Crippen molar-refractivity contribution in [1.29, 1.82) is 0 Å². The van der Waals surface area contributed by atoms with Crippen molar-refractivity contribution in [1.82, 2.24) is 25.1 Å². The van der Waals surface area contributed by atoms with Gasteiger partial charge in [0.1, 0.15) is 17.4 Å². The molecule has 9 nitrogen and oxygen atoms in total. The second-order valence-electron chi connectivity index (χ2n) is 6.97. The summed E-state index contributed by atoms with van der Waals surface area (Å²) in [4.78, 5) is 11.3. The van der Waals surface area contributed by atoms with E-state index >= 15 is 0 Å². The first-order valence-electron chi connectivity index (χ1n) is 9.94. The van der Waals surface area contributed by atoms with Gasteiger partial charge in [-0.1, -0.05) is 0 Å². The van der Waals surface area contributed by atoms with Gasteiger partial charge in [-0.05, 0) is 68.3 Å². The van der Waals surface area contributed by atoms with Crippen LogP contribution in [0.15, 0.2) is 42.5 Å². The van der Waals surface area contributed by atoms with Crippen molar-refractivity contribution in [3.63, 3.8) is 0 Å². The lowest BCUT2D eigenvalue weighted by Crippen LogP contribution is -2.01. The SMILES string of the molecule is CCOc1nc(N)cc(Oc2ccc(-c3nnc(Nc4ccc(F)c(C)c4C)[nH]3)cc2)n1. The van der Waals surface area contributed by atoms with Crippen LogP contribution in [0.5, 0.6) is 17.6 Å². The Bertz CT molecular complexity index is 1240. The molecule has 0 atom stereocenters. The van der Waals surface area contributed by atoms with E-state index in [9.17, 15) is 4.39 Å². The monoisotopic (exact) mass is 435 g/mol. The molecule has 0 radical (unpaired) electrons. The molecule has 0 spiro atoms. The molecule has 4 N–H and O–H groups in total. The zero-order valence-corrected chi connectivity index (χ0v) is 17.8. The summed E-state index contributed by atoms with van der Waals surface area (Å²) in [7, 11) is 0. The Morgan fingerprint density at radius 2 is 1.81 bits per heavy atom. The van der Waals surface area contributed by atoms with Crippen LogP contribution in [-0.4, -0.2) is 31.8 Å². The average molecular weight is 435 g/mol. The number of ether oxygens (including phenoxy) is 2. The van der Waals surface area contributed by atoms with Crippen LogP contribution >= 0.6 is 0 Å². The average Bonchev–Trinajstić information content (AvgIpc) is 3.23. The standard InChI is InChI=1S/C22H22FN7O2/c1-4-31-22-26-18(24)11-19(27-22)32-15-7-5-14(6-8-15)20-28-21(30-29-20)25-17-10-9-16(23)12(2)13(17)3/h5-11H,4H2,1-3H3,(H2,24,26,27)(H2,25,28,29,30). The normalized spacial score (nSPS) is 10.8. The number of aromatic nitrogens is 5. The molecule has 4 aromatic rings. The number of benzene rings is 2. The topological polar surface area (TPSA) is 124 Å². The molecule has 0 unspecified atom stereocenters. The van der Waals surface area contributed by atoms with E-state index in [1.54, 1.807) is 25.1 Å². The van der Waals surface area contributed by atoms with E-state index in [4.69, 9.17) is 15.2 Å². The predicted octanol–water partition coefficient (Wildman–Crippen LogP) is 4.53. The number of nitrogens with two attached hydrogens (primary N) is 1. The number of halogens is 1. The van der Waals surface area contributed by atoms with Crippen LogP contribution in [-0.2, 0) is 0 Å². The number of hydrogen-bond acceptors (Lipinski definition) is 8. The smallest absolute Gasteiger partial charge is 0.321 e. The summed E-state index contributed by atoms with van der Waals surface area (Å²) in [6, 6.07) is 12.0. The summed E-state index contributed by atoms with van der Waals surface area (Å²) >= 11 is 0. The predicted molar refractivity (Wildman–Crippen MR) is 119 cm³/mol. The van der Waals surface area contributed by atoms with Gasteiger partial charge in [-0.25, -0.2) is 4.39 Å². The first-order valence-corrected chi connectivity index (χ1v) is 9.94. The third kappa shape index (κ3) is 4.59. The molecule has 10 heteroatoms. The molecular formula is C22H22FN7O2. The molecule has 32 heavy (non-hydrogen) atoms. The van der Waals surface area contributed by atoms with Gasteiger partial charge in [0.25, 0.3) is 0 Å². The fourth-order valence-electron chi connectivity index (χ4n) is 2.97. The molecular weight excluding hydrogens is 413 g/mol. The minimum absolute atomic E-state index is 0.160. The number of anilines is 3. The Kier molecular flexibility index (Phi) is 5.84. The third-order valence-electron chi connectivity index (χ3n) is 4.79. The van der Waals surface area contributed by atoms with E-state index in [1.165, 1.54) is 12.1 Å². The summed E-state index contributed by atoms with van der Waals surface area (Å²) in [5, 5.41) is 11.4. The summed E-state index contributed by atoms with van der Waals surface area (Å²) in [5.74, 6) is 1.87. The van der Waals surface area contributed by atoms with Crippen LogP contribution in [0, 0.1) is 19.7 Å². The number of nitrogen functional groups attached to an aromatic ring is 1. The van der Waals surface area contributed by atoms with Crippen molar-refractivity contribution in [3.05, 3.63) is 59.4 Å². The Balaban J connectivity index is 1.47. The van der Waals surface area contributed by atoms with Crippen molar-refractivity contribution in [2.45, 2.75) is 20.8 Å². The second kappa shape index (κ2) is 8.88. The summed E-state index contributed by atoms with van der Waals surface area (Å²) < 4.78 is 24.7. The van der Waals surface area contributed by atoms with Gasteiger partial charge in [-0.3, -0.25) is 0 Å². The Hall–Kier alpha value is -4.21. The highest BCUT2D eigenvalue weighted by atomic mass is 19.1. The van der Waals surface area contributed by atoms with E-state index < -0.39 is 0 Å². The van der Waals surface area contributed by atoms with Gasteiger partial charge in [0.05, 0.1) is 6.61 Å². The fourth-order valence-corrected chi connectivity index (χ4v) is 2.97. The Morgan fingerprint density at radius 1 is 1.03 bits per heavy atom. The van der Waals surface area contributed by atoms with Crippen LogP contribution in [0.1, 0.15) is 18.1 Å². The maximum absolute atomic E-state index is 13.7. The highest BCUT2D eigenvalue weighted by Gasteiger charge is 2.11. The number of nitrogens with one attached hydrogen (secondary N) is 2. The van der Waals surface area contributed by atoms with Gasteiger partial charge in [-0.2, -0.15) is 9.97 Å². The molecule has 0 saturated carbocycles. The maximum Gasteiger partial charge on any atom is 0.321 e. The molecule has 0 bridgehead atoms. The van der Waals surface area contributed by atoms with Gasteiger partial charge in [-0.15, -0.1) is 10.2 Å². The van der Waals surface area contributed by atoms with Gasteiger partial charge in [0.2, 0.25) is 11.8 Å². The zero-order chi connectivity index (χ0) is 22.7. The minimum Gasteiger partial charge on any atom is -0.464 e. The van der Waals surface area contributed by atoms with E-state index in [0.717, 1.165) is 16.8 Å². The lowest BCUT2D eigenvalue weighted by Gasteiger charge is -2.09. The maximum atomic E-state index is 13.7. The minimum atomic E-state index is -0.243. The van der Waals surface area contributed by atoms with Gasteiger partial charge in [0.15, 0.2) is 5.82 Å². The Morgan fingerprint density at radius 3 is 2.56 bits per heavy atom. The van der Waals surface area contributed by atoms with Crippen molar-refractivity contribution in [2.75, 3.05) is 17.7 Å². The van der Waals surface area contributed by atoms with Crippen LogP contribution in [0.25, 0.3) is 11.4 Å². The van der Waals surface area contributed by atoms with Gasteiger partial charge >= 0.3 is 6.01 Å². The van der Waals surface area contributed by atoms with Gasteiger partial charge < -0.3 is 25.5 Å². The van der Waals surface area contributed by atoms with Crippen LogP contribution in [0.2, 0.25) is 0 Å². The molecule has 2 aromatic heterocycles. The molecule has 2 heterocycles. The van der Waals surface area contributed by atoms with E-state index in [0.29, 0.717) is 29.7 Å². The third-order valence-corrected chi connectivity index (χ3v) is 4.79. The Labute approximate surface area is 183 Å². The lowest BCUT2D eigenvalue weighted by molar-refractivity contribution is 0.307. The number of nitrogens with zero attached hydrogens (tertiary/aromatic N) is 4. The number of H-pyrrole nitrogens is 1. The molecule has 164 valence electrons. The van der Waals surface area contributed by atoms with Gasteiger partial charge in [0, 0.05) is 17.3 Å². The zero-order valence-electron chi connectivity index (χ0n) is 17.8. The number of rotatable bonds is 7. The number of aromatic amines is 1. The van der Waals surface area contributed by atoms with Crippen LogP contribution in [0.4, 0.5) is 21.8 Å². The lowest BCUT2D eigenvalue weighted by atomic mass is 10.1. The molecule has 4 rings (SSSR count). The van der Waals surface area contributed by atoms with Crippen molar-refractivity contribution < 1.29 is 13.9 Å². The molecule has 0 saturated heterocycles. The molecule has 0 aliphatic rings. The second-order valence-corrected chi connectivity index (χ2v) is 6.97. The first kappa shape index (κ1) is 21.0. The van der Waals surface area contributed by atoms with Crippen LogP contribution in [0.3, 0.4) is 0 Å². The van der Waals surface area contributed by atoms with E-state index in [2.05, 4.69) is 30.5 Å². The highest BCUT2D eigenvalue weighted by molar-refractivity contribution is 5.63. The first-order chi connectivity index (χ1) is 15.4. The summed E-state index contributed by atoms with van der Waals surface area (Å²) in [6.45, 7) is 5.84. The van der Waals surface area contributed by atoms with E-state index in [1.807, 2.05) is 26.0 Å². The quantitative estimate of drug-likeness (QED) is 0.387. The van der Waals surface area contributed by atoms with E-state index in [-0.39, 0.29) is 23.5 Å². The number of hydrogen-bond donors (Lipinski definition) is 3. The van der Waals surface area contributed by atoms with Crippen molar-refractivity contribution >= 4 is 17.5 Å². The molecule has 2 aromatic carbocycles. The van der Waals surface area contributed by atoms with Crippen molar-refractivity contribution in [2.24, 2.45) is 0 Å².